The number of nitrogens with two attached hydrogens (primary N) is 1. The van der Waals surface area contributed by atoms with Gasteiger partial charge in [0.25, 0.3) is 5.91 Å². The van der Waals surface area contributed by atoms with Crippen LogP contribution in [0.15, 0.2) is 27.6 Å². The lowest BCUT2D eigenvalue weighted by molar-refractivity contribution is -0.124. The minimum atomic E-state index is -3.93. The van der Waals surface area contributed by atoms with Crippen LogP contribution in [0.1, 0.15) is 27.2 Å². The second-order valence-electron chi connectivity index (χ2n) is 5.21. The van der Waals surface area contributed by atoms with E-state index in [9.17, 15) is 13.2 Å². The van der Waals surface area contributed by atoms with Crippen LogP contribution in [-0.2, 0) is 14.8 Å². The van der Waals surface area contributed by atoms with Gasteiger partial charge in [-0.15, -0.1) is 0 Å². The van der Waals surface area contributed by atoms with Gasteiger partial charge in [-0.25, -0.2) is 13.6 Å². The molecule has 0 saturated carbocycles. The van der Waals surface area contributed by atoms with Crippen molar-refractivity contribution >= 4 is 31.9 Å². The summed E-state index contributed by atoms with van der Waals surface area (Å²) < 4.78 is 28.8. The molecule has 1 aromatic carbocycles. The van der Waals surface area contributed by atoms with Crippen LogP contribution in [0, 0.1) is 0 Å². The first-order chi connectivity index (χ1) is 9.55. The first kappa shape index (κ1) is 17.9. The van der Waals surface area contributed by atoms with Crippen molar-refractivity contribution < 1.29 is 17.9 Å². The molecule has 0 aromatic heterocycles. The van der Waals surface area contributed by atoms with E-state index in [4.69, 9.17) is 9.88 Å². The molecular weight excluding hydrogens is 360 g/mol. The maximum Gasteiger partial charge on any atom is 0.258 e. The molecule has 0 spiro atoms. The highest BCUT2D eigenvalue weighted by molar-refractivity contribution is 9.10. The maximum absolute atomic E-state index is 11.8. The third-order valence-corrected chi connectivity index (χ3v) is 4.36. The number of hydrogen-bond acceptors (Lipinski definition) is 4. The Balaban J connectivity index is 2.84. The fourth-order valence-electron chi connectivity index (χ4n) is 1.47. The zero-order valence-electron chi connectivity index (χ0n) is 12.1. The normalized spacial score (nSPS) is 12.0. The number of hydrogen-bond donors (Lipinski definition) is 2. The number of benzene rings is 1. The molecule has 3 N–H and O–H groups in total. The average Bonchev–Trinajstić information content (AvgIpc) is 2.35. The van der Waals surface area contributed by atoms with Crippen LogP contribution in [0.5, 0.6) is 5.75 Å². The second kappa shape index (κ2) is 6.76. The quantitative estimate of drug-likeness (QED) is 0.787. The number of carbonyl (C=O) groups is 1. The van der Waals surface area contributed by atoms with E-state index in [1.165, 1.54) is 12.1 Å². The Labute approximate surface area is 133 Å². The fourth-order valence-corrected chi connectivity index (χ4v) is 2.68. The molecule has 0 fully saturated rings. The molecule has 118 valence electrons. The fraction of sp³-hybridized carbons (Fsp3) is 0.462. The van der Waals surface area contributed by atoms with Crippen molar-refractivity contribution in [3.05, 3.63) is 22.7 Å². The molecule has 1 aromatic rings. The van der Waals surface area contributed by atoms with Gasteiger partial charge < -0.3 is 10.1 Å². The molecule has 0 bridgehead atoms. The molecule has 0 unspecified atom stereocenters. The van der Waals surface area contributed by atoms with E-state index in [1.54, 1.807) is 6.07 Å². The smallest absolute Gasteiger partial charge is 0.258 e. The van der Waals surface area contributed by atoms with Gasteiger partial charge in [0.2, 0.25) is 10.0 Å². The number of ether oxygens (including phenoxy) is 1. The number of nitrogens with one attached hydrogen (secondary N) is 1. The molecule has 0 aliphatic heterocycles. The highest BCUT2D eigenvalue weighted by Crippen LogP contribution is 2.26. The molecule has 0 radical (unpaired) electrons. The lowest BCUT2D eigenvalue weighted by Gasteiger charge is -2.24. The number of sulfonamides is 1. The van der Waals surface area contributed by atoms with Crippen LogP contribution in [0.3, 0.4) is 0 Å². The molecule has 1 rings (SSSR count). The van der Waals surface area contributed by atoms with Crippen molar-refractivity contribution in [2.75, 3.05) is 6.61 Å². The number of primary sulfonamides is 1. The summed E-state index contributed by atoms with van der Waals surface area (Å²) >= 11 is 3.16. The predicted octanol–water partition coefficient (Wildman–Crippen LogP) is 1.78. The van der Waals surface area contributed by atoms with Crippen molar-refractivity contribution in [1.29, 1.82) is 0 Å². The van der Waals surface area contributed by atoms with E-state index in [-0.39, 0.29) is 28.7 Å². The van der Waals surface area contributed by atoms with E-state index in [0.717, 1.165) is 6.42 Å². The SMILES string of the molecule is CCC(C)(C)NC(=O)COc1ccc(Br)cc1S(N)(=O)=O. The summed E-state index contributed by atoms with van der Waals surface area (Å²) in [5.74, 6) is -0.282. The Bertz CT molecular complexity index is 629. The van der Waals surface area contributed by atoms with Gasteiger partial charge in [0.05, 0.1) is 0 Å². The molecule has 1 amide bonds. The van der Waals surface area contributed by atoms with Gasteiger partial charge in [-0.1, -0.05) is 22.9 Å². The summed E-state index contributed by atoms with van der Waals surface area (Å²) in [6.07, 6.45) is 0.763. The Hall–Kier alpha value is -1.12. The maximum atomic E-state index is 11.8. The lowest BCUT2D eigenvalue weighted by Crippen LogP contribution is -2.45. The zero-order chi connectivity index (χ0) is 16.3. The van der Waals surface area contributed by atoms with Crippen molar-refractivity contribution in [2.45, 2.75) is 37.6 Å². The average molecular weight is 379 g/mol. The zero-order valence-corrected chi connectivity index (χ0v) is 14.5. The van der Waals surface area contributed by atoms with Crippen molar-refractivity contribution in [3.8, 4) is 5.75 Å². The van der Waals surface area contributed by atoms with E-state index >= 15 is 0 Å². The molecule has 0 heterocycles. The van der Waals surface area contributed by atoms with Crippen LogP contribution < -0.4 is 15.2 Å². The Morgan fingerprint density at radius 3 is 2.57 bits per heavy atom. The largest absolute Gasteiger partial charge is 0.482 e. The molecular formula is C13H19BrN2O4S. The van der Waals surface area contributed by atoms with E-state index in [0.29, 0.717) is 4.47 Å². The number of rotatable bonds is 6. The van der Waals surface area contributed by atoms with Gasteiger partial charge in [0, 0.05) is 10.0 Å². The molecule has 0 saturated heterocycles. The minimum absolute atomic E-state index is 0.0464. The summed E-state index contributed by atoms with van der Waals surface area (Å²) in [5, 5.41) is 7.92. The van der Waals surface area contributed by atoms with Gasteiger partial charge >= 0.3 is 0 Å². The molecule has 0 aliphatic carbocycles. The Kier molecular flexibility index (Phi) is 5.77. The van der Waals surface area contributed by atoms with E-state index < -0.39 is 10.0 Å². The summed E-state index contributed by atoms with van der Waals surface area (Å²) in [6.45, 7) is 5.45. The highest BCUT2D eigenvalue weighted by Gasteiger charge is 2.20. The molecule has 6 nitrogen and oxygen atoms in total. The van der Waals surface area contributed by atoms with Crippen LogP contribution in [-0.4, -0.2) is 26.5 Å². The number of halogens is 1. The minimum Gasteiger partial charge on any atom is -0.482 e. The third-order valence-electron chi connectivity index (χ3n) is 2.93. The van der Waals surface area contributed by atoms with Crippen LogP contribution in [0.2, 0.25) is 0 Å². The first-order valence-corrected chi connectivity index (χ1v) is 8.65. The summed E-state index contributed by atoms with van der Waals surface area (Å²) in [6, 6.07) is 4.39. The molecule has 8 heteroatoms. The molecule has 0 aliphatic rings. The van der Waals surface area contributed by atoms with Gasteiger partial charge in [-0.3, -0.25) is 4.79 Å². The second-order valence-corrected chi connectivity index (χ2v) is 7.66. The third kappa shape index (κ3) is 5.64. The number of amides is 1. The van der Waals surface area contributed by atoms with E-state index in [1.807, 2.05) is 20.8 Å². The number of carbonyl (C=O) groups excluding carboxylic acids is 1. The van der Waals surface area contributed by atoms with E-state index in [2.05, 4.69) is 21.2 Å². The lowest BCUT2D eigenvalue weighted by atomic mass is 10.0. The van der Waals surface area contributed by atoms with Gasteiger partial charge in [-0.05, 0) is 38.5 Å². The first-order valence-electron chi connectivity index (χ1n) is 6.31. The summed E-state index contributed by atoms with van der Waals surface area (Å²) in [5.41, 5.74) is -0.344. The van der Waals surface area contributed by atoms with Crippen molar-refractivity contribution in [3.63, 3.8) is 0 Å². The Morgan fingerprint density at radius 2 is 2.05 bits per heavy atom. The van der Waals surface area contributed by atoms with Gasteiger partial charge in [0.1, 0.15) is 10.6 Å². The Morgan fingerprint density at radius 1 is 1.43 bits per heavy atom. The molecule has 0 atom stereocenters. The van der Waals surface area contributed by atoms with Crippen LogP contribution in [0.4, 0.5) is 0 Å². The van der Waals surface area contributed by atoms with Crippen molar-refractivity contribution in [2.24, 2.45) is 5.14 Å². The van der Waals surface area contributed by atoms with Crippen LogP contribution in [0.25, 0.3) is 0 Å². The summed E-state index contributed by atoms with van der Waals surface area (Å²) in [4.78, 5) is 11.6. The van der Waals surface area contributed by atoms with Crippen molar-refractivity contribution in [1.82, 2.24) is 5.32 Å². The topological polar surface area (TPSA) is 98.5 Å². The van der Waals surface area contributed by atoms with Gasteiger partial charge in [-0.2, -0.15) is 0 Å². The van der Waals surface area contributed by atoms with Crippen LogP contribution >= 0.6 is 15.9 Å². The van der Waals surface area contributed by atoms with Gasteiger partial charge in [0.15, 0.2) is 6.61 Å². The summed E-state index contributed by atoms with van der Waals surface area (Å²) in [7, 11) is -3.93. The standard InChI is InChI=1S/C13H19BrN2O4S/c1-4-13(2,3)16-12(17)8-20-10-6-5-9(14)7-11(10)21(15,18)19/h5-7H,4,8H2,1-3H3,(H,16,17)(H2,15,18,19). The highest BCUT2D eigenvalue weighted by atomic mass is 79.9. The predicted molar refractivity (Wildman–Crippen MR) is 83.5 cm³/mol. The molecule has 21 heavy (non-hydrogen) atoms. The monoisotopic (exact) mass is 378 g/mol.